The second kappa shape index (κ2) is 63.3. The van der Waals surface area contributed by atoms with Crippen LogP contribution in [0.4, 0.5) is 0 Å². The van der Waals surface area contributed by atoms with Crippen molar-refractivity contribution < 1.29 is 66.8 Å². The maximum Gasteiger partial charge on any atom is 0.328 e. The third kappa shape index (κ3) is 57.0. The second-order valence-corrected chi connectivity index (χ2v) is 23.9. The monoisotopic (exact) mass is 1290 g/mol. The first kappa shape index (κ1) is 85.5. The molecule has 0 aromatic carbocycles. The SMILES string of the molecule is CCCCCCCCC=CCCCCCCCC(=O)OC[C@@H](COC(=O)C(CCCCNC(=O)CCC(=O)OCCNC(=O)C(N)CCCCN)NC(=O)CCC(=O)OCCNC(=O)C(N)CCCCN)OC(=O)CCCCCCCC=CCCCCCCCC. The number of unbranched alkanes of at least 4 members (excludes halogenated alkanes) is 25. The molecule has 0 aliphatic heterocycles. The first-order valence-electron chi connectivity index (χ1n) is 35.3. The molecule has 0 radical (unpaired) electrons. The molecule has 0 saturated heterocycles. The summed E-state index contributed by atoms with van der Waals surface area (Å²) < 4.78 is 27.4. The van der Waals surface area contributed by atoms with Crippen LogP contribution in [0.15, 0.2) is 24.3 Å². The number of ether oxygens (including phenoxy) is 5. The molecule has 12 N–H and O–H groups in total. The summed E-state index contributed by atoms with van der Waals surface area (Å²) in [6.45, 7) is 4.67. The number of carbonyl (C=O) groups excluding carboxylic acids is 9. The van der Waals surface area contributed by atoms with Crippen LogP contribution in [-0.4, -0.2) is 137 Å². The minimum Gasteiger partial charge on any atom is -0.464 e. The van der Waals surface area contributed by atoms with Gasteiger partial charge in [-0.2, -0.15) is 0 Å². The smallest absolute Gasteiger partial charge is 0.328 e. The fourth-order valence-electron chi connectivity index (χ4n) is 9.68. The van der Waals surface area contributed by atoms with E-state index in [1.165, 1.54) is 77.0 Å². The lowest BCUT2D eigenvalue weighted by Gasteiger charge is -2.21. The summed E-state index contributed by atoms with van der Waals surface area (Å²) in [5.74, 6) is -5.01. The van der Waals surface area contributed by atoms with Gasteiger partial charge in [0.2, 0.25) is 23.6 Å². The summed E-state index contributed by atoms with van der Waals surface area (Å²) in [6.07, 6.45) is 40.8. The fourth-order valence-corrected chi connectivity index (χ4v) is 9.68. The summed E-state index contributed by atoms with van der Waals surface area (Å²) in [7, 11) is 0. The van der Waals surface area contributed by atoms with E-state index < -0.39 is 72.5 Å². The Morgan fingerprint density at radius 1 is 0.374 bits per heavy atom. The van der Waals surface area contributed by atoms with Crippen LogP contribution in [0.25, 0.3) is 0 Å². The van der Waals surface area contributed by atoms with Crippen molar-refractivity contribution in [3.8, 4) is 0 Å². The number of hydrogen-bond donors (Lipinski definition) is 8. The lowest BCUT2D eigenvalue weighted by molar-refractivity contribution is -0.168. The largest absolute Gasteiger partial charge is 0.464 e. The average Bonchev–Trinajstić information content (AvgIpc) is 3.75. The van der Waals surface area contributed by atoms with E-state index in [2.05, 4.69) is 59.4 Å². The number of esters is 5. The van der Waals surface area contributed by atoms with E-state index in [0.29, 0.717) is 58.0 Å². The van der Waals surface area contributed by atoms with Crippen molar-refractivity contribution in [1.29, 1.82) is 0 Å². The van der Waals surface area contributed by atoms with Crippen molar-refractivity contribution in [2.24, 2.45) is 22.9 Å². The zero-order chi connectivity index (χ0) is 67.1. The van der Waals surface area contributed by atoms with Crippen LogP contribution >= 0.6 is 0 Å². The molecule has 0 aliphatic carbocycles. The van der Waals surface area contributed by atoms with E-state index in [1.54, 1.807) is 0 Å². The van der Waals surface area contributed by atoms with Gasteiger partial charge in [0, 0.05) is 32.2 Å². The van der Waals surface area contributed by atoms with Crippen LogP contribution in [0, 0.1) is 0 Å². The third-order valence-corrected chi connectivity index (χ3v) is 15.3. The van der Waals surface area contributed by atoms with Crippen LogP contribution in [0.3, 0.4) is 0 Å². The molecule has 4 amide bonds. The molecule has 0 bridgehead atoms. The second-order valence-electron chi connectivity index (χ2n) is 23.9. The number of rotatable bonds is 64. The first-order chi connectivity index (χ1) is 44.2. The van der Waals surface area contributed by atoms with Gasteiger partial charge in [0.15, 0.2) is 6.10 Å². The highest BCUT2D eigenvalue weighted by Gasteiger charge is 2.26. The number of allylic oxidation sites excluding steroid dienone is 4. The quantitative estimate of drug-likeness (QED) is 0.0121. The zero-order valence-electron chi connectivity index (χ0n) is 56.5. The average molecular weight is 1290 g/mol. The normalized spacial score (nSPS) is 12.6. The summed E-state index contributed by atoms with van der Waals surface area (Å²) in [5.41, 5.74) is 22.8. The van der Waals surface area contributed by atoms with Gasteiger partial charge in [-0.25, -0.2) is 4.79 Å². The van der Waals surface area contributed by atoms with E-state index in [-0.39, 0.29) is 96.2 Å². The zero-order valence-corrected chi connectivity index (χ0v) is 56.5. The molecule has 0 saturated carbocycles. The molecular weight excluding hydrogens is 1160 g/mol. The first-order valence-corrected chi connectivity index (χ1v) is 35.3. The number of amides is 4. The van der Waals surface area contributed by atoms with Gasteiger partial charge in [-0.3, -0.25) is 38.4 Å². The number of hydrogen-bond acceptors (Lipinski definition) is 18. The maximum atomic E-state index is 13.8. The predicted molar refractivity (Wildman–Crippen MR) is 358 cm³/mol. The Morgan fingerprint density at radius 2 is 0.769 bits per heavy atom. The molecule has 22 nitrogen and oxygen atoms in total. The predicted octanol–water partition coefficient (Wildman–Crippen LogP) is 9.62. The maximum absolute atomic E-state index is 13.8. The van der Waals surface area contributed by atoms with Crippen molar-refractivity contribution in [3.05, 3.63) is 24.3 Å². The summed E-state index contributed by atoms with van der Waals surface area (Å²) in [5, 5.41) is 10.6. The van der Waals surface area contributed by atoms with Gasteiger partial charge in [-0.1, -0.05) is 154 Å². The van der Waals surface area contributed by atoms with E-state index in [0.717, 1.165) is 96.3 Å². The molecule has 0 fully saturated rings. The topological polar surface area (TPSA) is 352 Å². The van der Waals surface area contributed by atoms with Crippen molar-refractivity contribution >= 4 is 53.5 Å². The van der Waals surface area contributed by atoms with Gasteiger partial charge >= 0.3 is 29.8 Å². The molecule has 22 heteroatoms. The van der Waals surface area contributed by atoms with Crippen LogP contribution < -0.4 is 44.2 Å². The van der Waals surface area contributed by atoms with Crippen LogP contribution in [0.1, 0.15) is 277 Å². The van der Waals surface area contributed by atoms with E-state index in [1.807, 2.05) is 0 Å². The minimum absolute atomic E-state index is 0.0164. The molecule has 526 valence electrons. The summed E-state index contributed by atoms with van der Waals surface area (Å²) >= 11 is 0. The molecular formula is C69H126N8O14. The Balaban J connectivity index is 5.61. The minimum atomic E-state index is -1.23. The lowest BCUT2D eigenvalue weighted by atomic mass is 10.1. The highest BCUT2D eigenvalue weighted by atomic mass is 16.6. The van der Waals surface area contributed by atoms with Crippen LogP contribution in [0.5, 0.6) is 0 Å². The van der Waals surface area contributed by atoms with Crippen LogP contribution in [0.2, 0.25) is 0 Å². The van der Waals surface area contributed by atoms with Gasteiger partial charge in [-0.05, 0) is 122 Å². The van der Waals surface area contributed by atoms with Gasteiger partial charge in [-0.15, -0.1) is 0 Å². The molecule has 0 aromatic heterocycles. The van der Waals surface area contributed by atoms with Gasteiger partial charge in [0.25, 0.3) is 0 Å². The molecule has 0 heterocycles. The fraction of sp³-hybridized carbons (Fsp3) is 0.812. The molecule has 3 unspecified atom stereocenters. The lowest BCUT2D eigenvalue weighted by Crippen LogP contribution is -2.43. The highest BCUT2D eigenvalue weighted by Crippen LogP contribution is 2.15. The highest BCUT2D eigenvalue weighted by molar-refractivity contribution is 5.86. The number of nitrogens with one attached hydrogen (secondary N) is 4. The van der Waals surface area contributed by atoms with Crippen LogP contribution in [-0.2, 0) is 66.8 Å². The van der Waals surface area contributed by atoms with E-state index in [9.17, 15) is 43.2 Å². The Morgan fingerprint density at radius 3 is 1.23 bits per heavy atom. The van der Waals surface area contributed by atoms with E-state index >= 15 is 0 Å². The van der Waals surface area contributed by atoms with Gasteiger partial charge < -0.3 is 67.9 Å². The Kier molecular flexibility index (Phi) is 59.5. The van der Waals surface area contributed by atoms with Gasteiger partial charge in [0.05, 0.1) is 38.0 Å². The standard InChI is InChI=1S/C69H126N8O14/c1-3-5-7-9-11-13-15-17-19-21-23-25-27-29-31-42-63(80)89-55-57(91-66(83)43-32-30-28-26-24-22-20-18-16-14-12-10-8-6-4-2)56-90-69(86)60(77-62(79)45-47-65(82)88-54-52-76-68(85)59(73)40-34-37-49-71)41-35-38-50-74-61(78)44-46-64(81)87-53-51-75-67(84)58(72)39-33-36-48-70/h17-20,57-60H,3-16,21-56,70-73H2,1-2H3,(H,74,78)(H,75,84)(H,76,85)(H,77,79)/t57-,58?,59?,60?/m0/s1. The van der Waals surface area contributed by atoms with Crippen molar-refractivity contribution in [2.75, 3.05) is 59.2 Å². The Labute approximate surface area is 547 Å². The number of carbonyl (C=O) groups is 9. The molecule has 91 heavy (non-hydrogen) atoms. The summed E-state index contributed by atoms with van der Waals surface area (Å²) in [6, 6.07) is -2.65. The van der Waals surface area contributed by atoms with Crippen molar-refractivity contribution in [2.45, 2.75) is 301 Å². The molecule has 0 aromatic rings. The summed E-state index contributed by atoms with van der Waals surface area (Å²) in [4.78, 5) is 115. The Bertz CT molecular complexity index is 1960. The molecule has 4 atom stereocenters. The van der Waals surface area contributed by atoms with Gasteiger partial charge in [0.1, 0.15) is 32.5 Å². The van der Waals surface area contributed by atoms with Crippen molar-refractivity contribution in [3.63, 3.8) is 0 Å². The molecule has 0 spiro atoms. The molecule has 0 rings (SSSR count). The molecule has 0 aliphatic rings. The van der Waals surface area contributed by atoms with E-state index in [4.69, 9.17) is 46.6 Å². The third-order valence-electron chi connectivity index (χ3n) is 15.3. The van der Waals surface area contributed by atoms with Crippen molar-refractivity contribution in [1.82, 2.24) is 21.3 Å². The Hall–Kier alpha value is -5.45. The number of nitrogens with two attached hydrogens (primary N) is 4.